The summed E-state index contributed by atoms with van der Waals surface area (Å²) in [5, 5.41) is 18.8. The number of aliphatic hydroxyl groups excluding tert-OH is 1. The minimum absolute atomic E-state index is 0.122. The number of carbonyl (C=O) groups excluding carboxylic acids is 1. The molecule has 9 heteroatoms. The van der Waals surface area contributed by atoms with Crippen molar-refractivity contribution >= 4 is 6.09 Å². The molecule has 1 aliphatic rings. The maximum atomic E-state index is 14.6. The van der Waals surface area contributed by atoms with Gasteiger partial charge in [-0.15, -0.1) is 0 Å². The largest absolute Gasteiger partial charge is 0.441 e. The Morgan fingerprint density at radius 3 is 2.42 bits per heavy atom. The standard InChI is InChI=1S/C17H27F3N2O4/c1-5-21(7-6-17(3,4)25)13(8-18)15(20)14(19)11(2)22-9-12(10-23)26-16(22)24/h12,23,25H,5-10H2,1-4H3/b14-11-,15-13-. The zero-order valence-corrected chi connectivity index (χ0v) is 15.6. The molecular formula is C17H27F3N2O4. The van der Waals surface area contributed by atoms with Gasteiger partial charge in [0.05, 0.1) is 30.1 Å². The van der Waals surface area contributed by atoms with E-state index in [1.165, 1.54) is 11.8 Å². The van der Waals surface area contributed by atoms with Crippen molar-refractivity contribution in [2.24, 2.45) is 0 Å². The van der Waals surface area contributed by atoms with Crippen LogP contribution >= 0.6 is 0 Å². The number of rotatable bonds is 9. The Labute approximate surface area is 151 Å². The van der Waals surface area contributed by atoms with Crippen molar-refractivity contribution in [2.45, 2.75) is 45.8 Å². The Bertz CT molecular complexity index is 573. The van der Waals surface area contributed by atoms with Crippen molar-refractivity contribution < 1.29 is 32.9 Å². The van der Waals surface area contributed by atoms with Gasteiger partial charge in [-0.25, -0.2) is 18.0 Å². The molecule has 1 fully saturated rings. The van der Waals surface area contributed by atoms with E-state index >= 15 is 0 Å². The van der Waals surface area contributed by atoms with Gasteiger partial charge in [0.2, 0.25) is 0 Å². The highest BCUT2D eigenvalue weighted by atomic mass is 19.2. The maximum absolute atomic E-state index is 14.6. The highest BCUT2D eigenvalue weighted by molar-refractivity contribution is 5.72. The van der Waals surface area contributed by atoms with Crippen molar-refractivity contribution in [3.05, 3.63) is 23.0 Å². The molecular weight excluding hydrogens is 353 g/mol. The number of hydrogen-bond donors (Lipinski definition) is 2. The smallest absolute Gasteiger partial charge is 0.414 e. The molecule has 150 valence electrons. The summed E-state index contributed by atoms with van der Waals surface area (Å²) in [5.74, 6) is -2.77. The van der Waals surface area contributed by atoms with E-state index in [9.17, 15) is 23.1 Å². The summed E-state index contributed by atoms with van der Waals surface area (Å²) in [6.07, 6.45) is -1.49. The molecule has 1 amide bonds. The molecule has 0 aliphatic carbocycles. The van der Waals surface area contributed by atoms with Crippen molar-refractivity contribution in [3.8, 4) is 0 Å². The van der Waals surface area contributed by atoms with Gasteiger partial charge in [0.25, 0.3) is 0 Å². The molecule has 0 spiro atoms. The van der Waals surface area contributed by atoms with Crippen molar-refractivity contribution in [3.63, 3.8) is 0 Å². The fourth-order valence-electron chi connectivity index (χ4n) is 2.47. The molecule has 0 aromatic heterocycles. The van der Waals surface area contributed by atoms with Gasteiger partial charge in [0.1, 0.15) is 12.8 Å². The third kappa shape index (κ3) is 5.63. The van der Waals surface area contributed by atoms with Gasteiger partial charge in [0.15, 0.2) is 11.7 Å². The summed E-state index contributed by atoms with van der Waals surface area (Å²) >= 11 is 0. The van der Waals surface area contributed by atoms with Gasteiger partial charge in [-0.3, -0.25) is 4.90 Å². The van der Waals surface area contributed by atoms with E-state index in [0.717, 1.165) is 4.90 Å². The molecule has 1 heterocycles. The third-order valence-corrected chi connectivity index (χ3v) is 4.13. The highest BCUT2D eigenvalue weighted by Crippen LogP contribution is 2.28. The zero-order valence-electron chi connectivity index (χ0n) is 15.6. The average molecular weight is 380 g/mol. The molecule has 26 heavy (non-hydrogen) atoms. The third-order valence-electron chi connectivity index (χ3n) is 4.13. The molecule has 1 aliphatic heterocycles. The molecule has 6 nitrogen and oxygen atoms in total. The van der Waals surface area contributed by atoms with Gasteiger partial charge in [0, 0.05) is 13.1 Å². The van der Waals surface area contributed by atoms with Gasteiger partial charge in [-0.2, -0.15) is 0 Å². The molecule has 0 bridgehead atoms. The summed E-state index contributed by atoms with van der Waals surface area (Å²) in [5.41, 5.74) is -1.87. The monoisotopic (exact) mass is 380 g/mol. The number of hydrogen-bond acceptors (Lipinski definition) is 5. The predicted molar refractivity (Wildman–Crippen MR) is 90.1 cm³/mol. The van der Waals surface area contributed by atoms with E-state index in [1.807, 2.05) is 0 Å². The topological polar surface area (TPSA) is 73.2 Å². The number of alkyl halides is 1. The Hall–Kier alpha value is -1.74. The van der Waals surface area contributed by atoms with Crippen molar-refractivity contribution in [2.75, 3.05) is 32.9 Å². The second kappa shape index (κ2) is 9.27. The van der Waals surface area contributed by atoms with Crippen LogP contribution in [0.1, 0.15) is 34.1 Å². The molecule has 1 rings (SSSR count). The van der Waals surface area contributed by atoms with Gasteiger partial charge >= 0.3 is 6.09 Å². The van der Waals surface area contributed by atoms with E-state index in [1.54, 1.807) is 20.8 Å². The van der Waals surface area contributed by atoms with E-state index < -0.39 is 48.4 Å². The van der Waals surface area contributed by atoms with Crippen LogP contribution < -0.4 is 0 Å². The Balaban J connectivity index is 3.11. The summed E-state index contributed by atoms with van der Waals surface area (Å²) < 4.78 is 47.4. The number of ether oxygens (including phenoxy) is 1. The number of aliphatic hydroxyl groups is 2. The molecule has 1 saturated heterocycles. The minimum atomic E-state index is -1.40. The van der Waals surface area contributed by atoms with Crippen molar-refractivity contribution in [1.29, 1.82) is 0 Å². The quantitative estimate of drug-likeness (QED) is 0.602. The van der Waals surface area contributed by atoms with Crippen molar-refractivity contribution in [1.82, 2.24) is 9.80 Å². The van der Waals surface area contributed by atoms with Crippen LogP contribution in [0, 0.1) is 0 Å². The first-order valence-corrected chi connectivity index (χ1v) is 8.43. The minimum Gasteiger partial charge on any atom is -0.441 e. The average Bonchev–Trinajstić information content (AvgIpc) is 2.96. The molecule has 0 radical (unpaired) electrons. The number of allylic oxidation sites excluding steroid dienone is 4. The normalized spacial score (nSPS) is 20.0. The fourth-order valence-corrected chi connectivity index (χ4v) is 2.47. The van der Waals surface area contributed by atoms with Crippen LogP contribution in [0.2, 0.25) is 0 Å². The lowest BCUT2D eigenvalue weighted by molar-refractivity contribution is 0.0610. The Morgan fingerprint density at radius 2 is 2.00 bits per heavy atom. The summed E-state index contributed by atoms with van der Waals surface area (Å²) in [6, 6.07) is 0. The number of carbonyl (C=O) groups is 1. The molecule has 0 aromatic rings. The fraction of sp³-hybridized carbons (Fsp3) is 0.706. The van der Waals surface area contributed by atoms with Gasteiger partial charge < -0.3 is 19.8 Å². The van der Waals surface area contributed by atoms with Crippen LogP contribution in [0.5, 0.6) is 0 Å². The second-order valence-electron chi connectivity index (χ2n) is 6.73. The van der Waals surface area contributed by atoms with Crippen LogP contribution in [0.4, 0.5) is 18.0 Å². The maximum Gasteiger partial charge on any atom is 0.414 e. The molecule has 0 aromatic carbocycles. The van der Waals surface area contributed by atoms with Crippen LogP contribution in [0.15, 0.2) is 23.0 Å². The van der Waals surface area contributed by atoms with E-state index in [0.29, 0.717) is 0 Å². The first-order valence-electron chi connectivity index (χ1n) is 8.43. The van der Waals surface area contributed by atoms with E-state index in [4.69, 9.17) is 9.84 Å². The Kier molecular flexibility index (Phi) is 7.95. The van der Waals surface area contributed by atoms with Gasteiger partial charge in [-0.1, -0.05) is 0 Å². The lowest BCUT2D eigenvalue weighted by Crippen LogP contribution is -2.32. The van der Waals surface area contributed by atoms with Crippen LogP contribution in [-0.2, 0) is 4.74 Å². The summed E-state index contributed by atoms with van der Waals surface area (Å²) in [7, 11) is 0. The second-order valence-corrected chi connectivity index (χ2v) is 6.73. The van der Waals surface area contributed by atoms with Gasteiger partial charge in [-0.05, 0) is 34.1 Å². The molecule has 0 saturated carbocycles. The first kappa shape index (κ1) is 22.3. The number of cyclic esters (lactones) is 1. The SMILES string of the molecule is CCN(CCC(C)(C)O)/C(CF)=C(F)/C(F)=C(\C)N1CC(CO)OC1=O. The molecule has 2 N–H and O–H groups in total. The van der Waals surface area contributed by atoms with Crippen LogP contribution in [-0.4, -0.2) is 70.7 Å². The molecule has 1 unspecified atom stereocenters. The van der Waals surface area contributed by atoms with E-state index in [-0.39, 0.29) is 31.8 Å². The number of nitrogens with zero attached hydrogens (tertiary/aromatic N) is 2. The lowest BCUT2D eigenvalue weighted by atomic mass is 10.1. The van der Waals surface area contributed by atoms with E-state index in [2.05, 4.69) is 0 Å². The van der Waals surface area contributed by atoms with Crippen LogP contribution in [0.3, 0.4) is 0 Å². The lowest BCUT2D eigenvalue weighted by Gasteiger charge is -2.28. The zero-order chi connectivity index (χ0) is 20.1. The molecule has 1 atom stereocenters. The first-order chi connectivity index (χ1) is 12.1. The Morgan fingerprint density at radius 1 is 1.38 bits per heavy atom. The van der Waals surface area contributed by atoms with Crippen LogP contribution in [0.25, 0.3) is 0 Å². The number of halogens is 3. The summed E-state index contributed by atoms with van der Waals surface area (Å²) in [6.45, 7) is 4.52. The predicted octanol–water partition coefficient (Wildman–Crippen LogP) is 2.63. The number of amides is 1. The summed E-state index contributed by atoms with van der Waals surface area (Å²) in [4.78, 5) is 13.9. The highest BCUT2D eigenvalue weighted by Gasteiger charge is 2.34.